The average molecular weight is 245 g/mol. The number of ether oxygens (including phenoxy) is 1. The van der Waals surface area contributed by atoms with E-state index >= 15 is 0 Å². The Morgan fingerprint density at radius 1 is 1.44 bits per heavy atom. The molecule has 1 saturated heterocycles. The van der Waals surface area contributed by atoms with Crippen LogP contribution in [-0.2, 0) is 0 Å². The van der Waals surface area contributed by atoms with E-state index in [1.807, 2.05) is 0 Å². The highest BCUT2D eigenvalue weighted by atomic mass is 35.5. The molecule has 0 aromatic carbocycles. The molecule has 88 valence electrons. The van der Waals surface area contributed by atoms with Crippen LogP contribution in [0.5, 0.6) is 5.88 Å². The monoisotopic (exact) mass is 244 g/mol. The van der Waals surface area contributed by atoms with Crippen LogP contribution in [0.1, 0.15) is 12.8 Å². The maximum atomic E-state index is 13.3. The van der Waals surface area contributed by atoms with Crippen LogP contribution in [-0.4, -0.2) is 36.1 Å². The fraction of sp³-hybridized carbons (Fsp3) is 0.545. The Morgan fingerprint density at radius 3 is 2.88 bits per heavy atom. The van der Waals surface area contributed by atoms with Gasteiger partial charge in [-0.1, -0.05) is 11.6 Å². The van der Waals surface area contributed by atoms with Gasteiger partial charge in [-0.3, -0.25) is 4.90 Å². The Hall–Kier alpha value is -0.870. The van der Waals surface area contributed by atoms with Crippen LogP contribution in [0, 0.1) is 5.82 Å². The number of hydrogen-bond donors (Lipinski definition) is 0. The summed E-state index contributed by atoms with van der Waals surface area (Å²) in [6, 6.07) is 1.21. The van der Waals surface area contributed by atoms with E-state index in [0.29, 0.717) is 6.61 Å². The molecule has 0 saturated carbocycles. The van der Waals surface area contributed by atoms with Crippen LogP contribution >= 0.6 is 11.6 Å². The van der Waals surface area contributed by atoms with Gasteiger partial charge in [-0.05, 0) is 32.0 Å². The second kappa shape index (κ2) is 5.46. The smallest absolute Gasteiger partial charge is 0.250 e. The van der Waals surface area contributed by atoms with Gasteiger partial charge in [-0.25, -0.2) is 9.37 Å². The summed E-state index contributed by atoms with van der Waals surface area (Å²) < 4.78 is 18.5. The Labute approximate surface area is 99.2 Å². The first-order chi connectivity index (χ1) is 7.75. The summed E-state index contributed by atoms with van der Waals surface area (Å²) in [4.78, 5) is 6.09. The summed E-state index contributed by atoms with van der Waals surface area (Å²) in [6.45, 7) is 3.51. The molecule has 1 aromatic heterocycles. The van der Waals surface area contributed by atoms with E-state index < -0.39 is 5.82 Å². The number of aromatic nitrogens is 1. The van der Waals surface area contributed by atoms with Gasteiger partial charge in [0.05, 0.1) is 5.02 Å². The van der Waals surface area contributed by atoms with Crippen LogP contribution < -0.4 is 4.74 Å². The van der Waals surface area contributed by atoms with Crippen molar-refractivity contribution in [2.24, 2.45) is 0 Å². The SMILES string of the molecule is Fc1cc(Cl)cnc1OCCN1CCCC1. The fourth-order valence-corrected chi connectivity index (χ4v) is 1.93. The van der Waals surface area contributed by atoms with Gasteiger partial charge in [-0.15, -0.1) is 0 Å². The number of halogens is 2. The minimum absolute atomic E-state index is 0.0311. The van der Waals surface area contributed by atoms with Gasteiger partial charge in [0.25, 0.3) is 5.88 Å². The molecule has 1 aromatic rings. The largest absolute Gasteiger partial charge is 0.474 e. The van der Waals surface area contributed by atoms with Gasteiger partial charge in [0.15, 0.2) is 5.82 Å². The lowest BCUT2D eigenvalue weighted by Gasteiger charge is -2.14. The Morgan fingerprint density at radius 2 is 2.19 bits per heavy atom. The van der Waals surface area contributed by atoms with Crippen molar-refractivity contribution >= 4 is 11.6 Å². The normalized spacial score (nSPS) is 16.6. The van der Waals surface area contributed by atoms with E-state index in [2.05, 4.69) is 9.88 Å². The highest BCUT2D eigenvalue weighted by Crippen LogP contribution is 2.17. The third-order valence-corrected chi connectivity index (χ3v) is 2.83. The zero-order valence-electron chi connectivity index (χ0n) is 8.96. The van der Waals surface area contributed by atoms with Crippen molar-refractivity contribution in [2.75, 3.05) is 26.2 Å². The molecule has 0 spiro atoms. The molecule has 2 rings (SSSR count). The Balaban J connectivity index is 1.80. The molecule has 16 heavy (non-hydrogen) atoms. The highest BCUT2D eigenvalue weighted by Gasteiger charge is 2.12. The van der Waals surface area contributed by atoms with E-state index in [1.165, 1.54) is 25.1 Å². The molecule has 0 radical (unpaired) electrons. The van der Waals surface area contributed by atoms with E-state index in [1.54, 1.807) is 0 Å². The summed E-state index contributed by atoms with van der Waals surface area (Å²) in [6.07, 6.45) is 3.87. The maximum absolute atomic E-state index is 13.3. The van der Waals surface area contributed by atoms with Crippen molar-refractivity contribution in [3.05, 3.63) is 23.1 Å². The average Bonchev–Trinajstić information content (AvgIpc) is 2.74. The molecule has 2 heterocycles. The number of likely N-dealkylation sites (tertiary alicyclic amines) is 1. The van der Waals surface area contributed by atoms with Gasteiger partial charge in [0, 0.05) is 12.7 Å². The summed E-state index contributed by atoms with van der Waals surface area (Å²) in [5, 5.41) is 0.282. The predicted molar refractivity (Wildman–Crippen MR) is 60.4 cm³/mol. The minimum Gasteiger partial charge on any atom is -0.474 e. The van der Waals surface area contributed by atoms with Gasteiger partial charge < -0.3 is 4.74 Å². The van der Waals surface area contributed by atoms with Crippen molar-refractivity contribution < 1.29 is 9.13 Å². The van der Waals surface area contributed by atoms with Crippen LogP contribution in [0.4, 0.5) is 4.39 Å². The van der Waals surface area contributed by atoms with Gasteiger partial charge in [-0.2, -0.15) is 0 Å². The number of pyridine rings is 1. The zero-order valence-corrected chi connectivity index (χ0v) is 9.71. The van der Waals surface area contributed by atoms with E-state index in [4.69, 9.17) is 16.3 Å². The third-order valence-electron chi connectivity index (χ3n) is 2.62. The molecule has 0 aliphatic carbocycles. The first-order valence-electron chi connectivity index (χ1n) is 5.42. The van der Waals surface area contributed by atoms with Crippen LogP contribution in [0.25, 0.3) is 0 Å². The van der Waals surface area contributed by atoms with Crippen LogP contribution in [0.15, 0.2) is 12.3 Å². The molecule has 0 unspecified atom stereocenters. The molecular weight excluding hydrogens is 231 g/mol. The lowest BCUT2D eigenvalue weighted by atomic mass is 10.4. The van der Waals surface area contributed by atoms with Crippen LogP contribution in [0.3, 0.4) is 0 Å². The van der Waals surface area contributed by atoms with E-state index in [9.17, 15) is 4.39 Å². The summed E-state index contributed by atoms with van der Waals surface area (Å²) >= 11 is 5.59. The van der Waals surface area contributed by atoms with Crippen LogP contribution in [0.2, 0.25) is 5.02 Å². The van der Waals surface area contributed by atoms with Crippen molar-refractivity contribution in [3.8, 4) is 5.88 Å². The summed E-state index contributed by atoms with van der Waals surface area (Å²) in [7, 11) is 0. The van der Waals surface area contributed by atoms with Gasteiger partial charge in [0.2, 0.25) is 0 Å². The molecule has 1 aliphatic rings. The molecule has 0 N–H and O–H groups in total. The number of hydrogen-bond acceptors (Lipinski definition) is 3. The molecule has 0 amide bonds. The number of rotatable bonds is 4. The lowest BCUT2D eigenvalue weighted by molar-refractivity contribution is 0.224. The van der Waals surface area contributed by atoms with Gasteiger partial charge >= 0.3 is 0 Å². The van der Waals surface area contributed by atoms with E-state index in [0.717, 1.165) is 19.6 Å². The standard InChI is InChI=1S/C11H14ClFN2O/c12-9-7-10(13)11(14-8-9)16-6-5-15-3-1-2-4-15/h7-8H,1-6H2. The molecule has 3 nitrogen and oxygen atoms in total. The van der Waals surface area contributed by atoms with Crippen molar-refractivity contribution in [3.63, 3.8) is 0 Å². The molecule has 0 atom stereocenters. The molecule has 5 heteroatoms. The summed E-state index contributed by atoms with van der Waals surface area (Å²) in [5.74, 6) is -0.475. The molecule has 0 bridgehead atoms. The van der Waals surface area contributed by atoms with Gasteiger partial charge in [0.1, 0.15) is 6.61 Å². The maximum Gasteiger partial charge on any atom is 0.250 e. The van der Waals surface area contributed by atoms with Crippen molar-refractivity contribution in [1.82, 2.24) is 9.88 Å². The fourth-order valence-electron chi connectivity index (χ4n) is 1.79. The first kappa shape index (κ1) is 11.6. The summed E-state index contributed by atoms with van der Waals surface area (Å²) in [5.41, 5.74) is 0. The molecule has 1 aliphatic heterocycles. The van der Waals surface area contributed by atoms with Crippen molar-refractivity contribution in [1.29, 1.82) is 0 Å². The first-order valence-corrected chi connectivity index (χ1v) is 5.80. The number of nitrogens with zero attached hydrogens (tertiary/aromatic N) is 2. The zero-order chi connectivity index (χ0) is 11.4. The molecule has 1 fully saturated rings. The second-order valence-corrected chi connectivity index (χ2v) is 4.27. The predicted octanol–water partition coefficient (Wildman–Crippen LogP) is 2.35. The Bertz CT molecular complexity index is 356. The van der Waals surface area contributed by atoms with E-state index in [-0.39, 0.29) is 10.9 Å². The highest BCUT2D eigenvalue weighted by molar-refractivity contribution is 6.30. The van der Waals surface area contributed by atoms with Crippen molar-refractivity contribution in [2.45, 2.75) is 12.8 Å². The second-order valence-electron chi connectivity index (χ2n) is 3.84. The Kier molecular flexibility index (Phi) is 3.96. The quantitative estimate of drug-likeness (QED) is 0.813. The topological polar surface area (TPSA) is 25.4 Å². The lowest BCUT2D eigenvalue weighted by Crippen LogP contribution is -2.25. The third kappa shape index (κ3) is 3.06. The molecular formula is C11H14ClFN2O. The minimum atomic E-state index is -0.506.